The maximum atomic E-state index is 13.2. The van der Waals surface area contributed by atoms with Crippen LogP contribution >= 0.6 is 11.3 Å². The number of carbonyl (C=O) groups excluding carboxylic acids is 2. The van der Waals surface area contributed by atoms with E-state index in [1.54, 1.807) is 11.3 Å². The lowest BCUT2D eigenvalue weighted by atomic mass is 9.76. The van der Waals surface area contributed by atoms with Crippen molar-refractivity contribution in [3.05, 3.63) is 59.0 Å². The number of carbonyl (C=O) groups is 2. The fourth-order valence-corrected chi connectivity index (χ4v) is 7.18. The van der Waals surface area contributed by atoms with Crippen LogP contribution < -0.4 is 5.32 Å². The standard InChI is InChI=1S/C28H30N2O2S/c31-25(15-22-17-30-13-11-18(22)12-14-30)26-16-21-3-1-4-23(28(21)33-26)19-7-9-20(10-8-19)24-5-2-6-27(32)29-24/h1,3-4,7-10,16,18,22,24H,2,5-6,11-15,17H2,(H,29,32)/t22-,24?/m0/s1. The minimum Gasteiger partial charge on any atom is -0.349 e. The molecule has 4 fully saturated rings. The molecule has 5 heterocycles. The quantitative estimate of drug-likeness (QED) is 0.490. The summed E-state index contributed by atoms with van der Waals surface area (Å²) in [7, 11) is 0. The van der Waals surface area contributed by atoms with Crippen LogP contribution in [0.3, 0.4) is 0 Å². The number of ketones is 1. The van der Waals surface area contributed by atoms with Gasteiger partial charge in [-0.2, -0.15) is 0 Å². The number of hydrogen-bond donors (Lipinski definition) is 1. The molecule has 0 aliphatic carbocycles. The average Bonchev–Trinajstić information content (AvgIpc) is 3.30. The SMILES string of the molecule is O=C1CCCC(c2ccc(-c3cccc4cc(C(=O)C[C@H]5CN6CCC5CC6)sc34)cc2)N1. The lowest BCUT2D eigenvalue weighted by Gasteiger charge is -2.44. The Bertz CT molecular complexity index is 1190. The number of fused-ring (bicyclic) bond motifs is 4. The Morgan fingerprint density at radius 2 is 1.88 bits per heavy atom. The lowest BCUT2D eigenvalue weighted by Crippen LogP contribution is -2.47. The van der Waals surface area contributed by atoms with Crippen molar-refractivity contribution in [2.45, 2.75) is 44.6 Å². The molecule has 0 saturated carbocycles. The van der Waals surface area contributed by atoms with Crippen LogP contribution in [-0.2, 0) is 4.79 Å². The highest BCUT2D eigenvalue weighted by atomic mass is 32.1. The molecule has 4 nitrogen and oxygen atoms in total. The van der Waals surface area contributed by atoms with Gasteiger partial charge in [-0.3, -0.25) is 9.59 Å². The molecular weight excluding hydrogens is 428 g/mol. The second kappa shape index (κ2) is 8.69. The van der Waals surface area contributed by atoms with Crippen LogP contribution in [0.15, 0.2) is 48.5 Å². The van der Waals surface area contributed by atoms with Gasteiger partial charge in [-0.1, -0.05) is 42.5 Å². The molecule has 4 saturated heterocycles. The third-order valence-corrected chi connectivity index (χ3v) is 9.14. The van der Waals surface area contributed by atoms with Crippen molar-refractivity contribution in [1.29, 1.82) is 0 Å². The van der Waals surface area contributed by atoms with Crippen molar-refractivity contribution in [2.75, 3.05) is 19.6 Å². The molecule has 2 aromatic carbocycles. The van der Waals surface area contributed by atoms with Crippen molar-refractivity contribution < 1.29 is 9.59 Å². The van der Waals surface area contributed by atoms with Crippen molar-refractivity contribution >= 4 is 33.1 Å². The molecule has 1 amide bonds. The number of benzene rings is 2. The first kappa shape index (κ1) is 21.1. The van der Waals surface area contributed by atoms with Gasteiger partial charge in [-0.15, -0.1) is 11.3 Å². The topological polar surface area (TPSA) is 49.4 Å². The molecule has 33 heavy (non-hydrogen) atoms. The van der Waals surface area contributed by atoms with Gasteiger partial charge in [0.15, 0.2) is 5.78 Å². The minimum atomic E-state index is 0.119. The Hall–Kier alpha value is -2.50. The summed E-state index contributed by atoms with van der Waals surface area (Å²) in [4.78, 5) is 28.4. The fraction of sp³-hybridized carbons (Fsp3) is 0.429. The predicted molar refractivity (Wildman–Crippen MR) is 134 cm³/mol. The van der Waals surface area contributed by atoms with Crippen LogP contribution in [0.4, 0.5) is 0 Å². The van der Waals surface area contributed by atoms with E-state index in [2.05, 4.69) is 58.7 Å². The molecule has 1 unspecified atom stereocenters. The summed E-state index contributed by atoms with van der Waals surface area (Å²) in [6, 6.07) is 17.1. The van der Waals surface area contributed by atoms with Gasteiger partial charge in [0.25, 0.3) is 0 Å². The third-order valence-electron chi connectivity index (χ3n) is 7.91. The van der Waals surface area contributed by atoms with Gasteiger partial charge >= 0.3 is 0 Å². The van der Waals surface area contributed by atoms with Gasteiger partial charge in [0.2, 0.25) is 5.91 Å². The fourth-order valence-electron chi connectivity index (χ4n) is 6.04. The highest BCUT2D eigenvalue weighted by Gasteiger charge is 2.35. The molecule has 2 bridgehead atoms. The Morgan fingerprint density at radius 1 is 1.06 bits per heavy atom. The van der Waals surface area contributed by atoms with E-state index >= 15 is 0 Å². The second-order valence-electron chi connectivity index (χ2n) is 9.99. The Balaban J connectivity index is 1.23. The Kier molecular flexibility index (Phi) is 5.55. The van der Waals surface area contributed by atoms with Gasteiger partial charge < -0.3 is 10.2 Å². The number of rotatable bonds is 5. The normalized spacial score (nSPS) is 27.0. The van der Waals surface area contributed by atoms with E-state index in [9.17, 15) is 9.59 Å². The highest BCUT2D eigenvalue weighted by Crippen LogP contribution is 2.39. The maximum absolute atomic E-state index is 13.2. The summed E-state index contributed by atoms with van der Waals surface area (Å²) >= 11 is 1.65. The van der Waals surface area contributed by atoms with E-state index in [1.807, 2.05) is 0 Å². The first-order chi connectivity index (χ1) is 16.1. The zero-order valence-corrected chi connectivity index (χ0v) is 19.7. The molecule has 0 spiro atoms. The van der Waals surface area contributed by atoms with Crippen LogP contribution in [0.5, 0.6) is 0 Å². The summed E-state index contributed by atoms with van der Waals surface area (Å²) in [5.74, 6) is 1.72. The smallest absolute Gasteiger partial charge is 0.220 e. The van der Waals surface area contributed by atoms with E-state index in [0.717, 1.165) is 41.1 Å². The molecule has 0 radical (unpaired) electrons. The number of Topliss-reactive ketones (excluding diaryl/α,β-unsaturated/α-hetero) is 1. The number of piperidine rings is 4. The Morgan fingerprint density at radius 3 is 2.61 bits per heavy atom. The number of hydrogen-bond acceptors (Lipinski definition) is 4. The van der Waals surface area contributed by atoms with Crippen LogP contribution in [0.2, 0.25) is 0 Å². The summed E-state index contributed by atoms with van der Waals surface area (Å²) in [6.07, 6.45) is 5.78. The molecule has 2 atom stereocenters. The van der Waals surface area contributed by atoms with Crippen LogP contribution in [-0.4, -0.2) is 36.2 Å². The molecule has 4 aliphatic rings. The molecule has 3 aromatic rings. The van der Waals surface area contributed by atoms with Crippen LogP contribution in [0, 0.1) is 11.8 Å². The van der Waals surface area contributed by atoms with Gasteiger partial charge in [0.05, 0.1) is 10.9 Å². The van der Waals surface area contributed by atoms with E-state index < -0.39 is 0 Å². The van der Waals surface area contributed by atoms with Crippen LogP contribution in [0.25, 0.3) is 21.2 Å². The van der Waals surface area contributed by atoms with Gasteiger partial charge in [-0.05, 0) is 78.8 Å². The molecule has 7 rings (SSSR count). The largest absolute Gasteiger partial charge is 0.349 e. The van der Waals surface area contributed by atoms with Gasteiger partial charge in [0.1, 0.15) is 0 Å². The molecular formula is C28H30N2O2S. The monoisotopic (exact) mass is 458 g/mol. The molecule has 1 N–H and O–H groups in total. The summed E-state index contributed by atoms with van der Waals surface area (Å²) in [6.45, 7) is 3.53. The highest BCUT2D eigenvalue weighted by molar-refractivity contribution is 7.21. The van der Waals surface area contributed by atoms with E-state index in [1.165, 1.54) is 41.8 Å². The van der Waals surface area contributed by atoms with E-state index in [0.29, 0.717) is 24.5 Å². The zero-order valence-electron chi connectivity index (χ0n) is 18.9. The zero-order chi connectivity index (χ0) is 22.4. The number of nitrogens with zero attached hydrogens (tertiary/aromatic N) is 1. The van der Waals surface area contributed by atoms with Crippen molar-refractivity contribution in [2.24, 2.45) is 11.8 Å². The van der Waals surface area contributed by atoms with Crippen LogP contribution in [0.1, 0.15) is 59.8 Å². The van der Waals surface area contributed by atoms with Crippen molar-refractivity contribution in [3.8, 4) is 11.1 Å². The number of thiophene rings is 1. The summed E-state index contributed by atoms with van der Waals surface area (Å²) < 4.78 is 1.19. The lowest BCUT2D eigenvalue weighted by molar-refractivity contribution is -0.123. The van der Waals surface area contributed by atoms with Gasteiger partial charge in [0, 0.05) is 24.1 Å². The van der Waals surface area contributed by atoms with Crippen molar-refractivity contribution in [1.82, 2.24) is 10.2 Å². The summed E-state index contributed by atoms with van der Waals surface area (Å²) in [5, 5.41) is 4.25. The second-order valence-corrected chi connectivity index (χ2v) is 11.0. The average molecular weight is 459 g/mol. The molecule has 4 aliphatic heterocycles. The third kappa shape index (κ3) is 4.13. The molecule has 170 valence electrons. The Labute approximate surface area is 199 Å². The first-order valence-electron chi connectivity index (χ1n) is 12.3. The predicted octanol–water partition coefficient (Wildman–Crippen LogP) is 5.82. The first-order valence-corrected chi connectivity index (χ1v) is 13.1. The maximum Gasteiger partial charge on any atom is 0.220 e. The molecule has 1 aromatic heterocycles. The number of nitrogens with one attached hydrogen (secondary N) is 1. The minimum absolute atomic E-state index is 0.119. The van der Waals surface area contributed by atoms with Gasteiger partial charge in [-0.25, -0.2) is 0 Å². The van der Waals surface area contributed by atoms with Crippen molar-refractivity contribution in [3.63, 3.8) is 0 Å². The van der Waals surface area contributed by atoms with E-state index in [-0.39, 0.29) is 11.9 Å². The van der Waals surface area contributed by atoms with E-state index in [4.69, 9.17) is 0 Å². The molecule has 5 heteroatoms. The number of amides is 1. The summed E-state index contributed by atoms with van der Waals surface area (Å²) in [5.41, 5.74) is 3.50.